The number of carbonyl (C=O) groups is 1. The van der Waals surface area contributed by atoms with Crippen LogP contribution in [0.4, 0.5) is 10.5 Å². The van der Waals surface area contributed by atoms with Crippen molar-refractivity contribution in [3.63, 3.8) is 0 Å². The summed E-state index contributed by atoms with van der Waals surface area (Å²) in [6, 6.07) is 8.67. The van der Waals surface area contributed by atoms with Crippen molar-refractivity contribution in [3.8, 4) is 0 Å². The van der Waals surface area contributed by atoms with Crippen LogP contribution >= 0.6 is 0 Å². The number of fused-ring (bicyclic) bond motifs is 2. The summed E-state index contributed by atoms with van der Waals surface area (Å²) < 4.78 is 0. The molecule has 1 aromatic heterocycles. The molecule has 0 bridgehead atoms. The molecule has 2 fully saturated rings. The van der Waals surface area contributed by atoms with E-state index in [4.69, 9.17) is 4.98 Å². The molecule has 0 radical (unpaired) electrons. The Hall–Kier alpha value is -2.30. The van der Waals surface area contributed by atoms with Crippen LogP contribution in [-0.2, 0) is 0 Å². The summed E-state index contributed by atoms with van der Waals surface area (Å²) in [4.78, 5) is 20.9. The molecule has 2 aromatic rings. The number of anilines is 1. The Labute approximate surface area is 129 Å². The third kappa shape index (κ3) is 1.92. The van der Waals surface area contributed by atoms with Gasteiger partial charge in [0.05, 0.1) is 17.2 Å². The number of pyridine rings is 1. The highest BCUT2D eigenvalue weighted by Gasteiger charge is 2.36. The molecule has 3 heterocycles. The van der Waals surface area contributed by atoms with Gasteiger partial charge in [-0.1, -0.05) is 18.2 Å². The third-order valence-corrected chi connectivity index (χ3v) is 4.89. The summed E-state index contributed by atoms with van der Waals surface area (Å²) in [5.74, 6) is 0. The van der Waals surface area contributed by atoms with Gasteiger partial charge in [-0.05, 0) is 25.5 Å². The van der Waals surface area contributed by atoms with E-state index >= 15 is 0 Å². The number of piperazine rings is 1. The van der Waals surface area contributed by atoms with Gasteiger partial charge in [-0.3, -0.25) is 4.98 Å². The maximum atomic E-state index is 11.8. The summed E-state index contributed by atoms with van der Waals surface area (Å²) in [6.07, 6.45) is 0. The van der Waals surface area contributed by atoms with E-state index in [2.05, 4.69) is 42.3 Å². The first-order valence-electron chi connectivity index (χ1n) is 7.80. The maximum Gasteiger partial charge on any atom is 0.317 e. The molecule has 1 aromatic carbocycles. The number of hydrogen-bond acceptors (Lipinski definition) is 3. The van der Waals surface area contributed by atoms with Crippen molar-refractivity contribution in [2.45, 2.75) is 19.9 Å². The molecule has 2 aliphatic heterocycles. The number of nitrogens with zero attached hydrogens (tertiary/aromatic N) is 3. The molecule has 4 rings (SSSR count). The topological polar surface area (TPSA) is 48.5 Å². The first-order chi connectivity index (χ1) is 10.6. The second kappa shape index (κ2) is 4.87. The molecule has 5 nitrogen and oxygen atoms in total. The summed E-state index contributed by atoms with van der Waals surface area (Å²) in [5, 5.41) is 4.15. The normalized spacial score (nSPS) is 21.2. The zero-order valence-electron chi connectivity index (χ0n) is 13.0. The summed E-state index contributed by atoms with van der Waals surface area (Å²) >= 11 is 0. The van der Waals surface area contributed by atoms with E-state index in [9.17, 15) is 4.79 Å². The van der Waals surface area contributed by atoms with Crippen LogP contribution in [-0.4, -0.2) is 48.1 Å². The molecule has 0 saturated carbocycles. The Bertz CT molecular complexity index is 758. The highest BCUT2D eigenvalue weighted by Crippen LogP contribution is 2.33. The minimum atomic E-state index is 0.0807. The van der Waals surface area contributed by atoms with Gasteiger partial charge in [0.2, 0.25) is 0 Å². The lowest BCUT2D eigenvalue weighted by molar-refractivity contribution is 0.198. The Balaban J connectivity index is 1.78. The van der Waals surface area contributed by atoms with Crippen LogP contribution < -0.4 is 10.2 Å². The number of carbonyl (C=O) groups excluding carboxylic acids is 1. The second-order valence-corrected chi connectivity index (χ2v) is 6.17. The van der Waals surface area contributed by atoms with Gasteiger partial charge in [0.15, 0.2) is 0 Å². The standard InChI is InChI=1S/C17H20N4O/c1-11-12(2)19-15-6-4-3-5-14(15)16(11)20-7-8-21-13(10-20)9-18-17(21)22/h3-6,13H,7-10H2,1-2H3,(H,18,22). The van der Waals surface area contributed by atoms with Crippen molar-refractivity contribution < 1.29 is 4.79 Å². The van der Waals surface area contributed by atoms with Gasteiger partial charge in [-0.2, -0.15) is 0 Å². The van der Waals surface area contributed by atoms with E-state index in [1.165, 1.54) is 16.6 Å². The minimum Gasteiger partial charge on any atom is -0.367 e. The first-order valence-corrected chi connectivity index (χ1v) is 7.80. The van der Waals surface area contributed by atoms with Crippen LogP contribution in [0, 0.1) is 13.8 Å². The monoisotopic (exact) mass is 296 g/mol. The van der Waals surface area contributed by atoms with E-state index < -0.39 is 0 Å². The van der Waals surface area contributed by atoms with Gasteiger partial charge >= 0.3 is 6.03 Å². The number of urea groups is 1. The summed E-state index contributed by atoms with van der Waals surface area (Å²) in [5.41, 5.74) is 4.65. The van der Waals surface area contributed by atoms with Crippen molar-refractivity contribution in [1.82, 2.24) is 15.2 Å². The molecule has 1 atom stereocenters. The van der Waals surface area contributed by atoms with E-state index in [0.717, 1.165) is 37.4 Å². The first kappa shape index (κ1) is 13.4. The Morgan fingerprint density at radius 1 is 1.23 bits per heavy atom. The average Bonchev–Trinajstić information content (AvgIpc) is 2.89. The van der Waals surface area contributed by atoms with E-state index in [1.807, 2.05) is 11.0 Å². The van der Waals surface area contributed by atoms with Gasteiger partial charge in [-0.25, -0.2) is 4.79 Å². The zero-order valence-corrected chi connectivity index (χ0v) is 13.0. The second-order valence-electron chi connectivity index (χ2n) is 6.17. The lowest BCUT2D eigenvalue weighted by Crippen LogP contribution is -2.52. The minimum absolute atomic E-state index is 0.0807. The number of benzene rings is 1. The smallest absolute Gasteiger partial charge is 0.317 e. The maximum absolute atomic E-state index is 11.8. The van der Waals surface area contributed by atoms with Crippen LogP contribution in [0.1, 0.15) is 11.3 Å². The number of aryl methyl sites for hydroxylation is 1. The quantitative estimate of drug-likeness (QED) is 0.876. The van der Waals surface area contributed by atoms with Gasteiger partial charge in [0.25, 0.3) is 0 Å². The van der Waals surface area contributed by atoms with Crippen LogP contribution in [0.25, 0.3) is 10.9 Å². The fourth-order valence-electron chi connectivity index (χ4n) is 3.62. The number of para-hydroxylation sites is 1. The number of aromatic nitrogens is 1. The zero-order chi connectivity index (χ0) is 15.3. The number of hydrogen-bond donors (Lipinski definition) is 1. The molecule has 1 N–H and O–H groups in total. The molecule has 5 heteroatoms. The molecule has 1 unspecified atom stereocenters. The predicted molar refractivity (Wildman–Crippen MR) is 87.3 cm³/mol. The lowest BCUT2D eigenvalue weighted by atomic mass is 10.0. The molecule has 0 spiro atoms. The molecule has 2 aliphatic rings. The Kier molecular flexibility index (Phi) is 2.96. The highest BCUT2D eigenvalue weighted by atomic mass is 16.2. The summed E-state index contributed by atoms with van der Waals surface area (Å²) in [7, 11) is 0. The van der Waals surface area contributed by atoms with Crippen LogP contribution in [0.3, 0.4) is 0 Å². The fourth-order valence-corrected chi connectivity index (χ4v) is 3.62. The van der Waals surface area contributed by atoms with Crippen LogP contribution in [0.5, 0.6) is 0 Å². The van der Waals surface area contributed by atoms with E-state index in [1.54, 1.807) is 0 Å². The van der Waals surface area contributed by atoms with Crippen LogP contribution in [0.15, 0.2) is 24.3 Å². The molecule has 2 saturated heterocycles. The highest BCUT2D eigenvalue weighted by molar-refractivity contribution is 5.94. The SMILES string of the molecule is Cc1nc2ccccc2c(N2CCN3C(=O)NCC3C2)c1C. The molecule has 2 amide bonds. The van der Waals surface area contributed by atoms with Crippen molar-refractivity contribution in [2.75, 3.05) is 31.1 Å². The summed E-state index contributed by atoms with van der Waals surface area (Å²) in [6.45, 7) is 7.50. The van der Waals surface area contributed by atoms with Crippen LogP contribution in [0.2, 0.25) is 0 Å². The predicted octanol–water partition coefficient (Wildman–Crippen LogP) is 2.07. The van der Waals surface area contributed by atoms with Crippen molar-refractivity contribution >= 4 is 22.6 Å². The largest absolute Gasteiger partial charge is 0.367 e. The molecule has 114 valence electrons. The number of nitrogens with one attached hydrogen (secondary N) is 1. The van der Waals surface area contributed by atoms with Gasteiger partial charge in [0, 0.05) is 37.3 Å². The number of rotatable bonds is 1. The Morgan fingerprint density at radius 3 is 2.91 bits per heavy atom. The van der Waals surface area contributed by atoms with Crippen molar-refractivity contribution in [1.29, 1.82) is 0 Å². The van der Waals surface area contributed by atoms with E-state index in [0.29, 0.717) is 0 Å². The fraction of sp³-hybridized carbons (Fsp3) is 0.412. The van der Waals surface area contributed by atoms with Crippen molar-refractivity contribution in [3.05, 3.63) is 35.5 Å². The Morgan fingerprint density at radius 2 is 2.05 bits per heavy atom. The average molecular weight is 296 g/mol. The molecular formula is C17H20N4O. The van der Waals surface area contributed by atoms with E-state index in [-0.39, 0.29) is 12.1 Å². The lowest BCUT2D eigenvalue weighted by Gasteiger charge is -2.39. The van der Waals surface area contributed by atoms with Gasteiger partial charge in [-0.15, -0.1) is 0 Å². The van der Waals surface area contributed by atoms with Gasteiger partial charge < -0.3 is 15.1 Å². The third-order valence-electron chi connectivity index (χ3n) is 4.89. The molecule has 22 heavy (non-hydrogen) atoms. The molecule has 0 aliphatic carbocycles. The molecular weight excluding hydrogens is 276 g/mol. The number of amides is 2. The van der Waals surface area contributed by atoms with Crippen molar-refractivity contribution in [2.24, 2.45) is 0 Å². The van der Waals surface area contributed by atoms with Gasteiger partial charge in [0.1, 0.15) is 0 Å².